The third-order valence-corrected chi connectivity index (χ3v) is 5.05. The lowest BCUT2D eigenvalue weighted by atomic mass is 10.1. The Morgan fingerprint density at radius 2 is 2.09 bits per heavy atom. The van der Waals surface area contributed by atoms with Gasteiger partial charge in [-0.2, -0.15) is 0 Å². The van der Waals surface area contributed by atoms with E-state index in [4.69, 9.17) is 0 Å². The second-order valence-electron chi connectivity index (χ2n) is 5.72. The van der Waals surface area contributed by atoms with Crippen LogP contribution >= 0.6 is 11.3 Å². The highest BCUT2D eigenvalue weighted by atomic mass is 32.1. The molecule has 23 heavy (non-hydrogen) atoms. The predicted octanol–water partition coefficient (Wildman–Crippen LogP) is 2.98. The van der Waals surface area contributed by atoms with Crippen LogP contribution in [0.25, 0.3) is 0 Å². The van der Waals surface area contributed by atoms with Crippen LogP contribution in [0.3, 0.4) is 0 Å². The third kappa shape index (κ3) is 3.62. The number of rotatable bonds is 5. The first-order valence-corrected chi connectivity index (χ1v) is 8.74. The van der Waals surface area contributed by atoms with Gasteiger partial charge >= 0.3 is 0 Å². The van der Waals surface area contributed by atoms with Crippen LogP contribution in [0.5, 0.6) is 0 Å². The monoisotopic (exact) mass is 328 g/mol. The number of hydrogen-bond acceptors (Lipinski definition) is 3. The highest BCUT2D eigenvalue weighted by molar-refractivity contribution is 7.09. The lowest BCUT2D eigenvalue weighted by Crippen LogP contribution is -2.32. The lowest BCUT2D eigenvalue weighted by molar-refractivity contribution is -0.126. The SMILES string of the molecule is CCc1ccc(N2CC(C(=O)NCc3cccs3)CC2=O)cc1. The molecular weight excluding hydrogens is 308 g/mol. The Morgan fingerprint density at radius 3 is 2.74 bits per heavy atom. The number of carbonyl (C=O) groups excluding carboxylic acids is 2. The van der Waals surface area contributed by atoms with Crippen LogP contribution in [0.1, 0.15) is 23.8 Å². The molecule has 1 atom stereocenters. The summed E-state index contributed by atoms with van der Waals surface area (Å²) in [5, 5.41) is 4.92. The van der Waals surface area contributed by atoms with Crippen LogP contribution in [-0.2, 0) is 22.6 Å². The normalized spacial score (nSPS) is 17.5. The van der Waals surface area contributed by atoms with E-state index in [9.17, 15) is 9.59 Å². The summed E-state index contributed by atoms with van der Waals surface area (Å²) < 4.78 is 0. The van der Waals surface area contributed by atoms with E-state index in [1.54, 1.807) is 16.2 Å². The smallest absolute Gasteiger partial charge is 0.227 e. The molecule has 0 saturated carbocycles. The van der Waals surface area contributed by atoms with E-state index in [0.717, 1.165) is 17.0 Å². The maximum atomic E-state index is 12.3. The standard InChI is InChI=1S/C18H20N2O2S/c1-2-13-5-7-15(8-6-13)20-12-14(10-17(20)21)18(22)19-11-16-4-3-9-23-16/h3-9,14H,2,10-12H2,1H3,(H,19,22). The highest BCUT2D eigenvalue weighted by Crippen LogP contribution is 2.25. The van der Waals surface area contributed by atoms with Gasteiger partial charge < -0.3 is 10.2 Å². The molecule has 2 amide bonds. The van der Waals surface area contributed by atoms with Crippen molar-refractivity contribution in [2.45, 2.75) is 26.3 Å². The Morgan fingerprint density at radius 1 is 1.30 bits per heavy atom. The van der Waals surface area contributed by atoms with E-state index in [1.807, 2.05) is 41.8 Å². The van der Waals surface area contributed by atoms with Crippen molar-refractivity contribution in [2.75, 3.05) is 11.4 Å². The number of carbonyl (C=O) groups is 2. The second kappa shape index (κ2) is 6.96. The molecule has 2 heterocycles. The fraction of sp³-hybridized carbons (Fsp3) is 0.333. The first-order chi connectivity index (χ1) is 11.2. The largest absolute Gasteiger partial charge is 0.351 e. The molecule has 120 valence electrons. The van der Waals surface area contributed by atoms with E-state index in [1.165, 1.54) is 5.56 Å². The zero-order valence-corrected chi connectivity index (χ0v) is 13.9. The molecule has 3 rings (SSSR count). The van der Waals surface area contributed by atoms with Crippen molar-refractivity contribution in [3.63, 3.8) is 0 Å². The van der Waals surface area contributed by atoms with Crippen LogP contribution in [0.2, 0.25) is 0 Å². The molecule has 0 aliphatic carbocycles. The summed E-state index contributed by atoms with van der Waals surface area (Å²) >= 11 is 1.62. The van der Waals surface area contributed by atoms with Crippen molar-refractivity contribution >= 4 is 28.8 Å². The van der Waals surface area contributed by atoms with Gasteiger partial charge in [-0.15, -0.1) is 11.3 Å². The van der Waals surface area contributed by atoms with Crippen molar-refractivity contribution in [1.29, 1.82) is 0 Å². The van der Waals surface area contributed by atoms with Gasteiger partial charge in [-0.25, -0.2) is 0 Å². The minimum Gasteiger partial charge on any atom is -0.351 e. The molecular formula is C18H20N2O2S. The van der Waals surface area contributed by atoms with Gasteiger partial charge in [0.05, 0.1) is 12.5 Å². The molecule has 1 aromatic carbocycles. The summed E-state index contributed by atoms with van der Waals surface area (Å²) in [5.41, 5.74) is 2.12. The van der Waals surface area contributed by atoms with Crippen LogP contribution in [-0.4, -0.2) is 18.4 Å². The summed E-state index contributed by atoms with van der Waals surface area (Å²) in [4.78, 5) is 27.3. The van der Waals surface area contributed by atoms with E-state index in [2.05, 4.69) is 12.2 Å². The van der Waals surface area contributed by atoms with Gasteiger partial charge in [0.15, 0.2) is 0 Å². The molecule has 1 aromatic heterocycles. The zero-order chi connectivity index (χ0) is 16.2. The number of thiophene rings is 1. The molecule has 0 bridgehead atoms. The summed E-state index contributed by atoms with van der Waals surface area (Å²) in [5.74, 6) is -0.293. The van der Waals surface area contributed by atoms with E-state index in [-0.39, 0.29) is 24.2 Å². The minimum absolute atomic E-state index is 0.0190. The quantitative estimate of drug-likeness (QED) is 0.917. The fourth-order valence-corrected chi connectivity index (χ4v) is 3.42. The number of nitrogens with one attached hydrogen (secondary N) is 1. The second-order valence-corrected chi connectivity index (χ2v) is 6.75. The van der Waals surface area contributed by atoms with E-state index < -0.39 is 0 Å². The molecule has 4 nitrogen and oxygen atoms in total. The van der Waals surface area contributed by atoms with Crippen LogP contribution in [0.4, 0.5) is 5.69 Å². The van der Waals surface area contributed by atoms with Gasteiger partial charge in [0.25, 0.3) is 0 Å². The summed E-state index contributed by atoms with van der Waals surface area (Å²) in [7, 11) is 0. The predicted molar refractivity (Wildman–Crippen MR) is 92.4 cm³/mol. The Bertz CT molecular complexity index is 680. The number of amides is 2. The molecule has 0 radical (unpaired) electrons. The average Bonchev–Trinajstić information content (AvgIpc) is 3.22. The molecule has 0 spiro atoms. The Kier molecular flexibility index (Phi) is 4.76. The lowest BCUT2D eigenvalue weighted by Gasteiger charge is -2.17. The Hall–Kier alpha value is -2.14. The van der Waals surface area contributed by atoms with Crippen molar-refractivity contribution < 1.29 is 9.59 Å². The van der Waals surface area contributed by atoms with Gasteiger partial charge in [0.2, 0.25) is 11.8 Å². The van der Waals surface area contributed by atoms with E-state index >= 15 is 0 Å². The summed E-state index contributed by atoms with van der Waals surface area (Å²) in [6.07, 6.45) is 1.26. The molecule has 1 N–H and O–H groups in total. The average molecular weight is 328 g/mol. The van der Waals surface area contributed by atoms with Crippen molar-refractivity contribution in [3.8, 4) is 0 Å². The molecule has 1 fully saturated rings. The number of benzene rings is 1. The Labute approximate surface area is 140 Å². The van der Waals surface area contributed by atoms with Gasteiger partial charge in [-0.05, 0) is 35.6 Å². The Balaban J connectivity index is 1.60. The van der Waals surface area contributed by atoms with Gasteiger partial charge in [-0.1, -0.05) is 25.1 Å². The van der Waals surface area contributed by atoms with Crippen LogP contribution < -0.4 is 10.2 Å². The maximum Gasteiger partial charge on any atom is 0.227 e. The van der Waals surface area contributed by atoms with Gasteiger partial charge in [0.1, 0.15) is 0 Å². The number of anilines is 1. The molecule has 2 aromatic rings. The third-order valence-electron chi connectivity index (χ3n) is 4.17. The molecule has 1 aliphatic heterocycles. The first kappa shape index (κ1) is 15.7. The van der Waals surface area contributed by atoms with Gasteiger partial charge in [0, 0.05) is 23.5 Å². The molecule has 1 unspecified atom stereocenters. The number of nitrogens with zero attached hydrogens (tertiary/aromatic N) is 1. The molecule has 1 saturated heterocycles. The summed E-state index contributed by atoms with van der Waals surface area (Å²) in [6.45, 7) is 3.09. The number of aryl methyl sites for hydroxylation is 1. The van der Waals surface area contributed by atoms with E-state index in [0.29, 0.717) is 13.1 Å². The van der Waals surface area contributed by atoms with Gasteiger partial charge in [-0.3, -0.25) is 9.59 Å². The van der Waals surface area contributed by atoms with Crippen molar-refractivity contribution in [1.82, 2.24) is 5.32 Å². The van der Waals surface area contributed by atoms with Crippen molar-refractivity contribution in [2.24, 2.45) is 5.92 Å². The molecule has 5 heteroatoms. The topological polar surface area (TPSA) is 49.4 Å². The fourth-order valence-electron chi connectivity index (χ4n) is 2.78. The highest BCUT2D eigenvalue weighted by Gasteiger charge is 2.34. The molecule has 1 aliphatic rings. The van der Waals surface area contributed by atoms with Crippen LogP contribution in [0.15, 0.2) is 41.8 Å². The first-order valence-electron chi connectivity index (χ1n) is 7.86. The van der Waals surface area contributed by atoms with Crippen molar-refractivity contribution in [3.05, 3.63) is 52.2 Å². The summed E-state index contributed by atoms with van der Waals surface area (Å²) in [6, 6.07) is 11.9. The zero-order valence-electron chi connectivity index (χ0n) is 13.1. The minimum atomic E-state index is -0.270. The number of hydrogen-bond donors (Lipinski definition) is 1. The maximum absolute atomic E-state index is 12.3. The van der Waals surface area contributed by atoms with Crippen LogP contribution in [0, 0.1) is 5.92 Å².